The number of aromatic hydroxyl groups is 1. The Kier molecular flexibility index (Phi) is 3.38. The van der Waals surface area contributed by atoms with Gasteiger partial charge in [-0.05, 0) is 12.1 Å². The molecule has 0 atom stereocenters. The van der Waals surface area contributed by atoms with Crippen molar-refractivity contribution in [2.24, 2.45) is 0 Å². The molecule has 1 aromatic rings. The minimum absolute atomic E-state index is 0. The fourth-order valence-corrected chi connectivity index (χ4v) is 0.428. The van der Waals surface area contributed by atoms with Gasteiger partial charge in [-0.3, -0.25) is 0 Å². The Morgan fingerprint density at radius 2 is 1.50 bits per heavy atom. The molecular formula is C6H6AsO. The number of phenols is 1. The molecule has 0 amide bonds. The van der Waals surface area contributed by atoms with E-state index in [9.17, 15) is 0 Å². The smallest absolute Gasteiger partial charge is 0.115 e. The van der Waals surface area contributed by atoms with Crippen LogP contribution in [0.15, 0.2) is 30.3 Å². The van der Waals surface area contributed by atoms with E-state index in [1.807, 2.05) is 6.07 Å². The van der Waals surface area contributed by atoms with Gasteiger partial charge in [-0.2, -0.15) is 0 Å². The molecule has 1 N–H and O–H groups in total. The van der Waals surface area contributed by atoms with Gasteiger partial charge in [0.25, 0.3) is 0 Å². The van der Waals surface area contributed by atoms with E-state index in [4.69, 9.17) is 5.11 Å². The molecule has 0 saturated heterocycles. The zero-order chi connectivity index (χ0) is 5.11. The van der Waals surface area contributed by atoms with E-state index in [0.717, 1.165) is 0 Å². The van der Waals surface area contributed by atoms with Crippen molar-refractivity contribution in [1.82, 2.24) is 0 Å². The Morgan fingerprint density at radius 3 is 1.75 bits per heavy atom. The van der Waals surface area contributed by atoms with E-state index in [-0.39, 0.29) is 18.0 Å². The summed E-state index contributed by atoms with van der Waals surface area (Å²) in [6, 6.07) is 8.71. The van der Waals surface area contributed by atoms with Crippen LogP contribution < -0.4 is 0 Å². The molecule has 0 aliphatic carbocycles. The molecule has 0 aliphatic rings. The molecule has 41 valence electrons. The number of hydrogen-bond acceptors (Lipinski definition) is 1. The number of benzene rings is 1. The van der Waals surface area contributed by atoms with E-state index in [0.29, 0.717) is 5.75 Å². The monoisotopic (exact) mass is 169 g/mol. The summed E-state index contributed by atoms with van der Waals surface area (Å²) in [7, 11) is 0. The van der Waals surface area contributed by atoms with Crippen LogP contribution in [0.1, 0.15) is 0 Å². The fraction of sp³-hybridized carbons (Fsp3) is 0. The van der Waals surface area contributed by atoms with Gasteiger partial charge in [-0.15, -0.1) is 0 Å². The molecule has 0 heterocycles. The van der Waals surface area contributed by atoms with Gasteiger partial charge in [0.2, 0.25) is 0 Å². The molecule has 1 rings (SSSR count). The maximum atomic E-state index is 8.63. The molecule has 3 radical (unpaired) electrons. The third kappa shape index (κ3) is 2.04. The molecule has 0 saturated carbocycles. The first kappa shape index (κ1) is 7.58. The van der Waals surface area contributed by atoms with Crippen LogP contribution in [0.3, 0.4) is 0 Å². The van der Waals surface area contributed by atoms with Gasteiger partial charge >= 0.3 is 0 Å². The Morgan fingerprint density at radius 1 is 1.00 bits per heavy atom. The Hall–Kier alpha value is -0.422. The summed E-state index contributed by atoms with van der Waals surface area (Å²) in [6.07, 6.45) is 0. The quantitative estimate of drug-likeness (QED) is 0.574. The van der Waals surface area contributed by atoms with Gasteiger partial charge in [-0.1, -0.05) is 18.2 Å². The van der Waals surface area contributed by atoms with Crippen LogP contribution in [-0.4, -0.2) is 23.1 Å². The minimum Gasteiger partial charge on any atom is -0.508 e. The summed E-state index contributed by atoms with van der Waals surface area (Å²) in [4.78, 5) is 0. The van der Waals surface area contributed by atoms with Gasteiger partial charge < -0.3 is 5.11 Å². The normalized spacial score (nSPS) is 7.50. The zero-order valence-electron chi connectivity index (χ0n) is 4.28. The molecule has 1 aromatic carbocycles. The average Bonchev–Trinajstić information content (AvgIpc) is 1.69. The Labute approximate surface area is 59.7 Å². The molecule has 0 aliphatic heterocycles. The summed E-state index contributed by atoms with van der Waals surface area (Å²) in [5.41, 5.74) is 0. The summed E-state index contributed by atoms with van der Waals surface area (Å²) < 4.78 is 0. The van der Waals surface area contributed by atoms with Crippen LogP contribution in [0, 0.1) is 0 Å². The molecule has 0 bridgehead atoms. The molecule has 0 fully saturated rings. The number of phenolic OH excluding ortho intramolecular Hbond substituents is 1. The molecule has 1 nitrogen and oxygen atoms in total. The third-order valence-electron chi connectivity index (χ3n) is 0.756. The molecule has 0 spiro atoms. The Bertz CT molecular complexity index is 138. The summed E-state index contributed by atoms with van der Waals surface area (Å²) in [5, 5.41) is 8.63. The Balaban J connectivity index is 0.000000490. The van der Waals surface area contributed by atoms with Crippen molar-refractivity contribution in [3.8, 4) is 5.75 Å². The molecule has 0 unspecified atom stereocenters. The maximum Gasteiger partial charge on any atom is 0.115 e. The van der Waals surface area contributed by atoms with Crippen molar-refractivity contribution in [3.63, 3.8) is 0 Å². The van der Waals surface area contributed by atoms with Crippen molar-refractivity contribution < 1.29 is 5.11 Å². The van der Waals surface area contributed by atoms with Crippen LogP contribution in [0.4, 0.5) is 0 Å². The van der Waals surface area contributed by atoms with Crippen molar-refractivity contribution in [1.29, 1.82) is 0 Å². The predicted molar refractivity (Wildman–Crippen MR) is 33.9 cm³/mol. The third-order valence-corrected chi connectivity index (χ3v) is 0.756. The summed E-state index contributed by atoms with van der Waals surface area (Å²) in [6.45, 7) is 0. The second-order valence-corrected chi connectivity index (χ2v) is 1.34. The maximum absolute atomic E-state index is 8.63. The number of rotatable bonds is 0. The van der Waals surface area contributed by atoms with Crippen molar-refractivity contribution in [2.45, 2.75) is 0 Å². The number of para-hydroxylation sites is 1. The number of hydrogen-bond donors (Lipinski definition) is 1. The van der Waals surface area contributed by atoms with Gasteiger partial charge in [-0.25, -0.2) is 0 Å². The molecule has 8 heavy (non-hydrogen) atoms. The second kappa shape index (κ2) is 3.56. The molecular weight excluding hydrogens is 163 g/mol. The van der Waals surface area contributed by atoms with E-state index in [2.05, 4.69) is 0 Å². The van der Waals surface area contributed by atoms with Crippen LogP contribution in [0.2, 0.25) is 0 Å². The SMILES string of the molecule is Oc1ccccc1.[As]. The van der Waals surface area contributed by atoms with Crippen LogP contribution in [0.25, 0.3) is 0 Å². The van der Waals surface area contributed by atoms with Crippen LogP contribution in [0.5, 0.6) is 5.75 Å². The molecule has 2 heteroatoms. The van der Waals surface area contributed by atoms with E-state index in [1.165, 1.54) is 0 Å². The summed E-state index contributed by atoms with van der Waals surface area (Å²) >= 11 is 0. The van der Waals surface area contributed by atoms with Gasteiger partial charge in [0.15, 0.2) is 0 Å². The summed E-state index contributed by atoms with van der Waals surface area (Å²) in [5.74, 6) is 0.322. The largest absolute Gasteiger partial charge is 0.508 e. The minimum atomic E-state index is 0. The van der Waals surface area contributed by atoms with E-state index >= 15 is 0 Å². The zero-order valence-corrected chi connectivity index (χ0v) is 6.16. The topological polar surface area (TPSA) is 20.2 Å². The van der Waals surface area contributed by atoms with E-state index in [1.54, 1.807) is 24.3 Å². The van der Waals surface area contributed by atoms with E-state index < -0.39 is 0 Å². The first-order chi connectivity index (χ1) is 3.39. The predicted octanol–water partition coefficient (Wildman–Crippen LogP) is 1.01. The van der Waals surface area contributed by atoms with Gasteiger partial charge in [0.05, 0.1) is 0 Å². The first-order valence-electron chi connectivity index (χ1n) is 2.13. The van der Waals surface area contributed by atoms with Crippen molar-refractivity contribution in [2.75, 3.05) is 0 Å². The first-order valence-corrected chi connectivity index (χ1v) is 2.13. The average molecular weight is 169 g/mol. The van der Waals surface area contributed by atoms with Gasteiger partial charge in [0.1, 0.15) is 5.75 Å². The van der Waals surface area contributed by atoms with Crippen molar-refractivity contribution >= 4 is 18.0 Å². The molecule has 0 aromatic heterocycles. The second-order valence-electron chi connectivity index (χ2n) is 1.34. The standard InChI is InChI=1S/C6H6O.As/c7-6-4-2-1-3-5-6;/h1-5,7H;. The fourth-order valence-electron chi connectivity index (χ4n) is 0.428. The van der Waals surface area contributed by atoms with Gasteiger partial charge in [0, 0.05) is 18.0 Å². The van der Waals surface area contributed by atoms with Crippen LogP contribution in [-0.2, 0) is 0 Å². The van der Waals surface area contributed by atoms with Crippen LogP contribution >= 0.6 is 0 Å². The van der Waals surface area contributed by atoms with Crippen molar-refractivity contribution in [3.05, 3.63) is 30.3 Å².